The molecule has 4 nitrogen and oxygen atoms in total. The van der Waals surface area contributed by atoms with Crippen molar-refractivity contribution in [3.05, 3.63) is 35.9 Å². The molecule has 1 rings (SSSR count). The number of rotatable bonds is 4. The second kappa shape index (κ2) is 5.09. The van der Waals surface area contributed by atoms with E-state index in [1.54, 1.807) is 30.3 Å². The molecule has 0 aromatic heterocycles. The van der Waals surface area contributed by atoms with Gasteiger partial charge in [-0.25, -0.2) is 14.0 Å². The van der Waals surface area contributed by atoms with Crippen molar-refractivity contribution >= 4 is 11.9 Å². The van der Waals surface area contributed by atoms with Gasteiger partial charge in [0, 0.05) is 0 Å². The van der Waals surface area contributed by atoms with Crippen molar-refractivity contribution in [3.8, 4) is 0 Å². The molecule has 0 aliphatic heterocycles. The van der Waals surface area contributed by atoms with E-state index in [9.17, 15) is 14.0 Å². The number of carbonyl (C=O) groups is 2. The van der Waals surface area contributed by atoms with Crippen molar-refractivity contribution in [2.75, 3.05) is 0 Å². The molecule has 5 heteroatoms. The fraction of sp³-hybridized carbons (Fsp3) is 0.200. The summed E-state index contributed by atoms with van der Waals surface area (Å²) in [6, 6.07) is 8.60. The lowest BCUT2D eigenvalue weighted by molar-refractivity contribution is -0.160. The normalized spacial score (nSPS) is 11.8. The van der Waals surface area contributed by atoms with Gasteiger partial charge in [0.05, 0.1) is 0 Å². The minimum absolute atomic E-state index is 0.132. The number of benzene rings is 1. The summed E-state index contributed by atoms with van der Waals surface area (Å²) in [5.74, 6) is -3.22. The van der Waals surface area contributed by atoms with Gasteiger partial charge in [-0.15, -0.1) is 0 Å². The van der Waals surface area contributed by atoms with Crippen LogP contribution in [0.15, 0.2) is 30.3 Å². The number of esters is 1. The van der Waals surface area contributed by atoms with Crippen molar-refractivity contribution in [1.82, 2.24) is 0 Å². The molecule has 1 N–H and O–H groups in total. The molecule has 0 saturated carbocycles. The molecule has 0 unspecified atom stereocenters. The van der Waals surface area contributed by atoms with E-state index >= 15 is 0 Å². The van der Waals surface area contributed by atoms with Crippen LogP contribution < -0.4 is 0 Å². The Balaban J connectivity index is 2.44. The molecule has 0 heterocycles. The van der Waals surface area contributed by atoms with Gasteiger partial charge in [-0.05, 0) is 5.56 Å². The Bertz CT molecular complexity index is 350. The Morgan fingerprint density at radius 3 is 2.47 bits per heavy atom. The fourth-order valence-electron chi connectivity index (χ4n) is 0.903. The maximum atomic E-state index is 12.5. The molecule has 0 radical (unpaired) electrons. The van der Waals surface area contributed by atoms with Crippen molar-refractivity contribution in [3.63, 3.8) is 0 Å². The molecule has 0 amide bonds. The van der Waals surface area contributed by atoms with Crippen LogP contribution in [-0.4, -0.2) is 23.2 Å². The summed E-state index contributed by atoms with van der Waals surface area (Å²) in [6.07, 6.45) is -2.62. The summed E-state index contributed by atoms with van der Waals surface area (Å²) in [4.78, 5) is 20.9. The van der Waals surface area contributed by atoms with Gasteiger partial charge < -0.3 is 9.84 Å². The number of halogens is 1. The lowest BCUT2D eigenvalue weighted by Crippen LogP contribution is -2.27. The molecular formula is C10H9FO4. The van der Waals surface area contributed by atoms with Gasteiger partial charge in [0.25, 0.3) is 6.17 Å². The Labute approximate surface area is 85.3 Å². The zero-order valence-electron chi connectivity index (χ0n) is 7.72. The Morgan fingerprint density at radius 1 is 1.33 bits per heavy atom. The first-order valence-corrected chi connectivity index (χ1v) is 4.18. The molecule has 15 heavy (non-hydrogen) atoms. The molecule has 0 bridgehead atoms. The predicted octanol–water partition coefficient (Wildman–Crippen LogP) is 1.15. The third kappa shape index (κ3) is 3.38. The van der Waals surface area contributed by atoms with E-state index in [1.807, 2.05) is 0 Å². The number of ether oxygens (including phenoxy) is 1. The first-order valence-electron chi connectivity index (χ1n) is 4.18. The molecule has 1 aromatic rings. The van der Waals surface area contributed by atoms with Crippen LogP contribution in [0.4, 0.5) is 4.39 Å². The Hall–Kier alpha value is -1.91. The second-order valence-corrected chi connectivity index (χ2v) is 2.79. The minimum Gasteiger partial charge on any atom is -0.479 e. The number of alkyl halides is 1. The smallest absolute Gasteiger partial charge is 0.352 e. The van der Waals surface area contributed by atoms with Crippen LogP contribution >= 0.6 is 0 Å². The maximum absolute atomic E-state index is 12.5. The van der Waals surface area contributed by atoms with Crippen molar-refractivity contribution in [2.24, 2.45) is 0 Å². The van der Waals surface area contributed by atoms with Crippen LogP contribution in [0.5, 0.6) is 0 Å². The minimum atomic E-state index is -2.62. The van der Waals surface area contributed by atoms with E-state index in [2.05, 4.69) is 4.74 Å². The number of hydrogen-bond acceptors (Lipinski definition) is 3. The zero-order chi connectivity index (χ0) is 11.3. The number of aliphatic carboxylic acids is 1. The third-order valence-corrected chi connectivity index (χ3v) is 1.65. The monoisotopic (exact) mass is 212 g/mol. The van der Waals surface area contributed by atoms with Gasteiger partial charge in [-0.3, -0.25) is 0 Å². The molecule has 0 fully saturated rings. The SMILES string of the molecule is O=C(O)[C@H](F)C(=O)OCc1ccccc1. The first kappa shape index (κ1) is 11.2. The van der Waals surface area contributed by atoms with Gasteiger partial charge >= 0.3 is 11.9 Å². The number of carboxylic acids is 1. The van der Waals surface area contributed by atoms with Crippen LogP contribution in [-0.2, 0) is 20.9 Å². The number of carbonyl (C=O) groups excluding carboxylic acids is 1. The van der Waals surface area contributed by atoms with Gasteiger partial charge in [0.2, 0.25) is 0 Å². The molecule has 0 aliphatic carbocycles. The standard InChI is InChI=1S/C10H9FO4/c11-8(9(12)13)10(14)15-6-7-4-2-1-3-5-7/h1-5,8H,6H2,(H,12,13)/t8-/m0/s1. The summed E-state index contributed by atoms with van der Waals surface area (Å²) in [5.41, 5.74) is 0.670. The van der Waals surface area contributed by atoms with Crippen molar-refractivity contribution in [2.45, 2.75) is 12.8 Å². The Kier molecular flexibility index (Phi) is 3.79. The largest absolute Gasteiger partial charge is 0.479 e. The molecule has 80 valence electrons. The zero-order valence-corrected chi connectivity index (χ0v) is 7.72. The molecule has 0 spiro atoms. The topological polar surface area (TPSA) is 63.6 Å². The molecule has 1 aromatic carbocycles. The maximum Gasteiger partial charge on any atom is 0.352 e. The van der Waals surface area contributed by atoms with E-state index in [0.717, 1.165) is 0 Å². The molecule has 0 saturated heterocycles. The highest BCUT2D eigenvalue weighted by Crippen LogP contribution is 2.03. The lowest BCUT2D eigenvalue weighted by Gasteiger charge is -2.05. The van der Waals surface area contributed by atoms with Gasteiger partial charge in [-0.2, -0.15) is 0 Å². The highest BCUT2D eigenvalue weighted by atomic mass is 19.1. The average Bonchev–Trinajstić information content (AvgIpc) is 2.26. The van der Waals surface area contributed by atoms with Crippen LogP contribution in [0.2, 0.25) is 0 Å². The van der Waals surface area contributed by atoms with Crippen LogP contribution in [0, 0.1) is 0 Å². The summed E-state index contributed by atoms with van der Waals surface area (Å²) in [7, 11) is 0. The van der Waals surface area contributed by atoms with E-state index in [0.29, 0.717) is 5.56 Å². The fourth-order valence-corrected chi connectivity index (χ4v) is 0.903. The van der Waals surface area contributed by atoms with Crippen LogP contribution in [0.1, 0.15) is 5.56 Å². The van der Waals surface area contributed by atoms with Crippen LogP contribution in [0.25, 0.3) is 0 Å². The highest BCUT2D eigenvalue weighted by molar-refractivity contribution is 5.96. The average molecular weight is 212 g/mol. The highest BCUT2D eigenvalue weighted by Gasteiger charge is 2.26. The van der Waals surface area contributed by atoms with E-state index in [1.165, 1.54) is 0 Å². The van der Waals surface area contributed by atoms with Crippen molar-refractivity contribution < 1.29 is 23.8 Å². The summed E-state index contributed by atoms with van der Waals surface area (Å²) in [6.45, 7) is -0.132. The summed E-state index contributed by atoms with van der Waals surface area (Å²) in [5, 5.41) is 8.17. The first-order chi connectivity index (χ1) is 7.11. The van der Waals surface area contributed by atoms with E-state index in [4.69, 9.17) is 5.11 Å². The van der Waals surface area contributed by atoms with E-state index in [-0.39, 0.29) is 6.61 Å². The van der Waals surface area contributed by atoms with Gasteiger partial charge in [0.1, 0.15) is 6.61 Å². The van der Waals surface area contributed by atoms with Gasteiger partial charge in [-0.1, -0.05) is 30.3 Å². The molecular weight excluding hydrogens is 203 g/mol. The third-order valence-electron chi connectivity index (χ3n) is 1.65. The Morgan fingerprint density at radius 2 is 1.93 bits per heavy atom. The lowest BCUT2D eigenvalue weighted by atomic mass is 10.2. The number of hydrogen-bond donors (Lipinski definition) is 1. The predicted molar refractivity (Wildman–Crippen MR) is 48.8 cm³/mol. The van der Waals surface area contributed by atoms with Gasteiger partial charge in [0.15, 0.2) is 0 Å². The van der Waals surface area contributed by atoms with Crippen LogP contribution in [0.3, 0.4) is 0 Å². The molecule has 0 aliphatic rings. The number of carboxylic acid groups (broad SMARTS) is 1. The van der Waals surface area contributed by atoms with Crippen molar-refractivity contribution in [1.29, 1.82) is 0 Å². The van der Waals surface area contributed by atoms with E-state index < -0.39 is 18.1 Å². The molecule has 1 atom stereocenters. The summed E-state index contributed by atoms with van der Waals surface area (Å²) >= 11 is 0. The quantitative estimate of drug-likeness (QED) is 0.600. The second-order valence-electron chi connectivity index (χ2n) is 2.79. The summed E-state index contributed by atoms with van der Waals surface area (Å²) < 4.78 is 17.0.